The lowest BCUT2D eigenvalue weighted by Crippen LogP contribution is -2.60. The van der Waals surface area contributed by atoms with Crippen LogP contribution < -0.4 is 4.74 Å². The van der Waals surface area contributed by atoms with E-state index in [9.17, 15) is 20.4 Å². The monoisotopic (exact) mass is 404 g/mol. The molecule has 8 nitrogen and oxygen atoms in total. The summed E-state index contributed by atoms with van der Waals surface area (Å²) in [6.45, 7) is 0.586. The van der Waals surface area contributed by atoms with Gasteiger partial charge in [0.2, 0.25) is 6.29 Å². The van der Waals surface area contributed by atoms with Crippen molar-refractivity contribution >= 4 is 10.9 Å². The van der Waals surface area contributed by atoms with Crippen molar-refractivity contribution in [3.05, 3.63) is 36.0 Å². The molecule has 1 aromatic heterocycles. The molecule has 0 bridgehead atoms. The van der Waals surface area contributed by atoms with Crippen molar-refractivity contribution in [2.45, 2.75) is 56.0 Å². The number of likely N-dealkylation sites (N-methyl/N-ethyl adjacent to an activating group) is 1. The van der Waals surface area contributed by atoms with Crippen LogP contribution in [0.15, 0.2) is 30.5 Å². The highest BCUT2D eigenvalue weighted by molar-refractivity contribution is 5.88. The summed E-state index contributed by atoms with van der Waals surface area (Å²) in [4.78, 5) is 6.79. The number of hydrogen-bond acceptors (Lipinski definition) is 8. The number of aromatic nitrogens is 1. The Hall–Kier alpha value is -1.81. The summed E-state index contributed by atoms with van der Waals surface area (Å²) in [5.41, 5.74) is 1.86. The summed E-state index contributed by atoms with van der Waals surface area (Å²) in [5.74, 6) is 0.482. The molecule has 158 valence electrons. The van der Waals surface area contributed by atoms with Gasteiger partial charge in [-0.05, 0) is 50.6 Å². The number of pyridine rings is 1. The fraction of sp³-hybridized carbons (Fsp3) is 0.571. The van der Waals surface area contributed by atoms with Crippen LogP contribution >= 0.6 is 0 Å². The maximum Gasteiger partial charge on any atom is 0.229 e. The second-order valence-corrected chi connectivity index (χ2v) is 7.92. The van der Waals surface area contributed by atoms with E-state index in [-0.39, 0.29) is 0 Å². The van der Waals surface area contributed by atoms with Gasteiger partial charge in [0.1, 0.15) is 30.2 Å². The smallest absolute Gasteiger partial charge is 0.229 e. The highest BCUT2D eigenvalue weighted by atomic mass is 16.7. The van der Waals surface area contributed by atoms with Crippen LogP contribution in [0.3, 0.4) is 0 Å². The van der Waals surface area contributed by atoms with Gasteiger partial charge in [0.15, 0.2) is 0 Å². The zero-order chi connectivity index (χ0) is 20.5. The van der Waals surface area contributed by atoms with E-state index < -0.39 is 37.3 Å². The first-order valence-corrected chi connectivity index (χ1v) is 10.0. The molecule has 2 saturated heterocycles. The van der Waals surface area contributed by atoms with E-state index in [4.69, 9.17) is 9.47 Å². The average Bonchev–Trinajstić information content (AvgIpc) is 3.13. The van der Waals surface area contributed by atoms with Crippen molar-refractivity contribution in [3.8, 4) is 5.75 Å². The quantitative estimate of drug-likeness (QED) is 0.553. The molecule has 4 rings (SSSR count). The largest absolute Gasteiger partial charge is 0.461 e. The van der Waals surface area contributed by atoms with E-state index in [0.29, 0.717) is 11.8 Å². The van der Waals surface area contributed by atoms with Crippen molar-refractivity contribution in [3.63, 3.8) is 0 Å². The zero-order valence-corrected chi connectivity index (χ0v) is 16.4. The fourth-order valence-electron chi connectivity index (χ4n) is 4.30. The van der Waals surface area contributed by atoms with Crippen LogP contribution in [-0.2, 0) is 11.2 Å². The second kappa shape index (κ2) is 8.51. The van der Waals surface area contributed by atoms with E-state index in [1.165, 1.54) is 6.42 Å². The Balaban J connectivity index is 1.65. The molecule has 0 spiro atoms. The van der Waals surface area contributed by atoms with Gasteiger partial charge in [0.25, 0.3) is 0 Å². The first kappa shape index (κ1) is 20.5. The molecule has 2 aliphatic rings. The number of nitrogens with zero attached hydrogens (tertiary/aromatic N) is 2. The number of likely N-dealkylation sites (tertiary alicyclic amines) is 1. The van der Waals surface area contributed by atoms with Gasteiger partial charge in [-0.15, -0.1) is 0 Å². The molecule has 0 unspecified atom stereocenters. The highest BCUT2D eigenvalue weighted by Gasteiger charge is 2.44. The van der Waals surface area contributed by atoms with Gasteiger partial charge in [0.05, 0.1) is 12.1 Å². The number of ether oxygens (including phenoxy) is 2. The summed E-state index contributed by atoms with van der Waals surface area (Å²) in [6.07, 6.45) is -1.81. The van der Waals surface area contributed by atoms with Gasteiger partial charge >= 0.3 is 0 Å². The lowest BCUT2D eigenvalue weighted by Gasteiger charge is -2.39. The molecular formula is C21H28N2O6. The van der Waals surface area contributed by atoms with Crippen LogP contribution in [0.25, 0.3) is 10.9 Å². The molecular weight excluding hydrogens is 376 g/mol. The molecule has 6 atom stereocenters. The second-order valence-electron chi connectivity index (χ2n) is 7.92. The Kier molecular flexibility index (Phi) is 6.00. The normalized spacial score (nSPS) is 33.3. The molecule has 0 radical (unpaired) electrons. The number of rotatable bonds is 5. The number of aliphatic hydroxyl groups excluding tert-OH is 4. The van der Waals surface area contributed by atoms with Gasteiger partial charge in [-0.2, -0.15) is 0 Å². The molecule has 3 heterocycles. The SMILES string of the molecule is CN1CCC[C@@H]1Cc1cccc2nccc(O[C@@H]3O[C@H](CO)[C@@H](O)[C@@H](O)[C@H]3O)c12. The molecule has 2 aromatic rings. The lowest BCUT2D eigenvalue weighted by atomic mass is 9.98. The predicted octanol–water partition coefficient (Wildman–Crippen LogP) is 0.0502. The number of benzene rings is 1. The first-order chi connectivity index (χ1) is 14.0. The topological polar surface area (TPSA) is 116 Å². The molecule has 0 amide bonds. The van der Waals surface area contributed by atoms with Crippen molar-refractivity contribution in [2.75, 3.05) is 20.2 Å². The third kappa shape index (κ3) is 3.96. The maximum atomic E-state index is 10.3. The third-order valence-electron chi connectivity index (χ3n) is 6.03. The molecule has 2 fully saturated rings. The Morgan fingerprint density at radius 3 is 2.72 bits per heavy atom. The van der Waals surface area contributed by atoms with Crippen LogP contribution in [-0.4, -0.2) is 87.3 Å². The number of aliphatic hydroxyl groups is 4. The molecule has 29 heavy (non-hydrogen) atoms. The van der Waals surface area contributed by atoms with Crippen LogP contribution in [0.1, 0.15) is 18.4 Å². The standard InChI is InChI=1S/C21H28N2O6/c1-23-9-3-5-13(23)10-12-4-2-6-14-17(12)15(7-8-22-14)28-21-20(27)19(26)18(25)16(11-24)29-21/h2,4,6-8,13,16,18-21,24-27H,3,5,9-11H2,1H3/t13-,16-,18-,19-,20-,21-/m1/s1. The molecule has 8 heteroatoms. The number of hydrogen-bond donors (Lipinski definition) is 4. The van der Waals surface area contributed by atoms with Gasteiger partial charge in [-0.25, -0.2) is 0 Å². The Labute approximate surface area is 169 Å². The third-order valence-corrected chi connectivity index (χ3v) is 6.03. The minimum absolute atomic E-state index is 0.445. The van der Waals surface area contributed by atoms with Gasteiger partial charge < -0.3 is 34.8 Å². The zero-order valence-electron chi connectivity index (χ0n) is 16.4. The molecule has 0 saturated carbocycles. The average molecular weight is 404 g/mol. The number of fused-ring (bicyclic) bond motifs is 1. The van der Waals surface area contributed by atoms with Gasteiger partial charge in [-0.3, -0.25) is 4.98 Å². The van der Waals surface area contributed by atoms with Crippen molar-refractivity contribution in [2.24, 2.45) is 0 Å². The van der Waals surface area contributed by atoms with Crippen LogP contribution in [0.4, 0.5) is 0 Å². The molecule has 2 aliphatic heterocycles. The van der Waals surface area contributed by atoms with E-state index in [2.05, 4.69) is 23.0 Å². The Bertz CT molecular complexity index is 842. The van der Waals surface area contributed by atoms with Gasteiger partial charge in [-0.1, -0.05) is 12.1 Å². The van der Waals surface area contributed by atoms with Gasteiger partial charge in [0, 0.05) is 17.6 Å². The first-order valence-electron chi connectivity index (χ1n) is 10.0. The lowest BCUT2D eigenvalue weighted by molar-refractivity contribution is -0.277. The van der Waals surface area contributed by atoms with Crippen LogP contribution in [0.5, 0.6) is 5.75 Å². The minimum Gasteiger partial charge on any atom is -0.461 e. The maximum absolute atomic E-state index is 10.3. The van der Waals surface area contributed by atoms with Crippen molar-refractivity contribution < 1.29 is 29.9 Å². The fourth-order valence-corrected chi connectivity index (χ4v) is 4.30. The highest BCUT2D eigenvalue weighted by Crippen LogP contribution is 2.33. The molecule has 4 N–H and O–H groups in total. The van der Waals surface area contributed by atoms with E-state index in [0.717, 1.165) is 35.9 Å². The summed E-state index contributed by atoms with van der Waals surface area (Å²) in [7, 11) is 2.13. The van der Waals surface area contributed by atoms with Crippen molar-refractivity contribution in [1.82, 2.24) is 9.88 Å². The summed E-state index contributed by atoms with van der Waals surface area (Å²) in [6, 6.07) is 8.07. The van der Waals surface area contributed by atoms with Crippen LogP contribution in [0, 0.1) is 0 Å². The summed E-state index contributed by atoms with van der Waals surface area (Å²) >= 11 is 0. The molecule has 0 aliphatic carbocycles. The predicted molar refractivity (Wildman–Crippen MR) is 105 cm³/mol. The van der Waals surface area contributed by atoms with Crippen LogP contribution in [0.2, 0.25) is 0 Å². The van der Waals surface area contributed by atoms with E-state index in [1.54, 1.807) is 12.3 Å². The summed E-state index contributed by atoms with van der Waals surface area (Å²) in [5, 5.41) is 40.6. The Morgan fingerprint density at radius 2 is 2.00 bits per heavy atom. The molecule has 1 aromatic carbocycles. The van der Waals surface area contributed by atoms with Crippen molar-refractivity contribution in [1.29, 1.82) is 0 Å². The Morgan fingerprint density at radius 1 is 1.17 bits per heavy atom. The van der Waals surface area contributed by atoms with E-state index >= 15 is 0 Å². The van der Waals surface area contributed by atoms with E-state index in [1.807, 2.05) is 12.1 Å². The summed E-state index contributed by atoms with van der Waals surface area (Å²) < 4.78 is 11.5. The minimum atomic E-state index is -1.48.